The minimum atomic E-state index is -1.10. The zero-order chi connectivity index (χ0) is 17.8. The summed E-state index contributed by atoms with van der Waals surface area (Å²) in [5.74, 6) is -1.42. The summed E-state index contributed by atoms with van der Waals surface area (Å²) in [6, 6.07) is 21.8. The Bertz CT molecular complexity index is 908. The van der Waals surface area contributed by atoms with Crippen molar-refractivity contribution in [2.24, 2.45) is 0 Å². The summed E-state index contributed by atoms with van der Waals surface area (Å²) in [6.07, 6.45) is 0. The molecule has 25 heavy (non-hydrogen) atoms. The van der Waals surface area contributed by atoms with Crippen molar-refractivity contribution >= 4 is 34.9 Å². The first-order valence-electron chi connectivity index (χ1n) is 7.55. The molecule has 3 aromatic rings. The summed E-state index contributed by atoms with van der Waals surface area (Å²) < 4.78 is 0. The lowest BCUT2D eigenvalue weighted by Gasteiger charge is -2.24. The molecule has 1 N–H and O–H groups in total. The molecule has 0 aliphatic carbocycles. The van der Waals surface area contributed by atoms with Crippen LogP contribution in [-0.4, -0.2) is 17.0 Å². The first-order valence-corrected chi connectivity index (χ1v) is 7.93. The fourth-order valence-electron chi connectivity index (χ4n) is 2.52. The lowest BCUT2D eigenvalue weighted by atomic mass is 10.1. The number of carboxylic acids is 1. The van der Waals surface area contributed by atoms with Gasteiger partial charge in [-0.05, 0) is 48.5 Å². The van der Waals surface area contributed by atoms with Crippen LogP contribution in [0.3, 0.4) is 0 Å². The highest BCUT2D eigenvalue weighted by Gasteiger charge is 2.24. The number of benzene rings is 3. The first kappa shape index (κ1) is 16.7. The van der Waals surface area contributed by atoms with E-state index in [4.69, 9.17) is 11.6 Å². The summed E-state index contributed by atoms with van der Waals surface area (Å²) in [6.45, 7) is 0. The zero-order valence-electron chi connectivity index (χ0n) is 13.1. The fraction of sp³-hybridized carbons (Fsp3) is 0. The third kappa shape index (κ3) is 3.54. The van der Waals surface area contributed by atoms with Crippen molar-refractivity contribution in [2.75, 3.05) is 4.90 Å². The largest absolute Gasteiger partial charge is 0.478 e. The van der Waals surface area contributed by atoms with Gasteiger partial charge in [-0.25, -0.2) is 4.79 Å². The van der Waals surface area contributed by atoms with Gasteiger partial charge in [0.2, 0.25) is 0 Å². The van der Waals surface area contributed by atoms with Crippen LogP contribution in [0, 0.1) is 0 Å². The number of para-hydroxylation sites is 1. The molecular weight excluding hydrogens is 338 g/mol. The van der Waals surface area contributed by atoms with Gasteiger partial charge in [0.25, 0.3) is 5.91 Å². The molecule has 0 aliphatic rings. The third-order valence-corrected chi connectivity index (χ3v) is 3.94. The molecule has 0 saturated heterocycles. The van der Waals surface area contributed by atoms with Crippen molar-refractivity contribution in [3.8, 4) is 0 Å². The fourth-order valence-corrected chi connectivity index (χ4v) is 2.64. The smallest absolute Gasteiger partial charge is 0.337 e. The topological polar surface area (TPSA) is 57.6 Å². The van der Waals surface area contributed by atoms with Gasteiger partial charge < -0.3 is 5.11 Å². The van der Waals surface area contributed by atoms with Crippen LogP contribution >= 0.6 is 11.6 Å². The van der Waals surface area contributed by atoms with E-state index in [0.717, 1.165) is 0 Å². The number of hydrogen-bond donors (Lipinski definition) is 1. The van der Waals surface area contributed by atoms with Crippen LogP contribution in [0.25, 0.3) is 0 Å². The molecule has 3 aromatic carbocycles. The highest BCUT2D eigenvalue weighted by atomic mass is 35.5. The van der Waals surface area contributed by atoms with Crippen LogP contribution < -0.4 is 4.90 Å². The second-order valence-electron chi connectivity index (χ2n) is 5.31. The number of anilines is 2. The molecule has 0 unspecified atom stereocenters. The Balaban J connectivity index is 2.18. The predicted molar refractivity (Wildman–Crippen MR) is 97.8 cm³/mol. The maximum atomic E-state index is 13.1. The van der Waals surface area contributed by atoms with E-state index < -0.39 is 5.97 Å². The van der Waals surface area contributed by atoms with E-state index >= 15 is 0 Å². The lowest BCUT2D eigenvalue weighted by molar-refractivity contribution is 0.0698. The minimum Gasteiger partial charge on any atom is -0.478 e. The van der Waals surface area contributed by atoms with Crippen LogP contribution in [0.5, 0.6) is 0 Å². The number of rotatable bonds is 4. The SMILES string of the molecule is O=C(O)c1ccccc1N(C(=O)c1ccccc1)c1ccc(Cl)cc1. The van der Waals surface area contributed by atoms with Crippen molar-refractivity contribution in [2.45, 2.75) is 0 Å². The number of hydrogen-bond acceptors (Lipinski definition) is 2. The van der Waals surface area contributed by atoms with E-state index in [1.807, 2.05) is 6.07 Å². The van der Waals surface area contributed by atoms with E-state index in [2.05, 4.69) is 0 Å². The minimum absolute atomic E-state index is 0.0433. The quantitative estimate of drug-likeness (QED) is 0.718. The van der Waals surface area contributed by atoms with Gasteiger partial charge in [0.05, 0.1) is 11.3 Å². The molecule has 0 radical (unpaired) electrons. The van der Waals surface area contributed by atoms with Gasteiger partial charge in [-0.3, -0.25) is 9.69 Å². The van der Waals surface area contributed by atoms with E-state index in [0.29, 0.717) is 22.0 Å². The van der Waals surface area contributed by atoms with Crippen molar-refractivity contribution in [1.82, 2.24) is 0 Å². The lowest BCUT2D eigenvalue weighted by Crippen LogP contribution is -2.27. The van der Waals surface area contributed by atoms with Gasteiger partial charge >= 0.3 is 5.97 Å². The zero-order valence-corrected chi connectivity index (χ0v) is 13.9. The van der Waals surface area contributed by atoms with Gasteiger partial charge in [0, 0.05) is 16.3 Å². The predicted octanol–water partition coefficient (Wildman–Crippen LogP) is 5.02. The third-order valence-electron chi connectivity index (χ3n) is 3.68. The molecular formula is C20H14ClNO3. The van der Waals surface area contributed by atoms with Gasteiger partial charge in [-0.1, -0.05) is 41.9 Å². The first-order chi connectivity index (χ1) is 12.1. The van der Waals surface area contributed by atoms with E-state index in [9.17, 15) is 14.7 Å². The second kappa shape index (κ2) is 7.20. The monoisotopic (exact) mass is 351 g/mol. The highest BCUT2D eigenvalue weighted by Crippen LogP contribution is 2.31. The number of amides is 1. The number of carbonyl (C=O) groups excluding carboxylic acids is 1. The summed E-state index contributed by atoms with van der Waals surface area (Å²) in [5, 5.41) is 10.0. The summed E-state index contributed by atoms with van der Waals surface area (Å²) in [4.78, 5) is 26.1. The Morgan fingerprint density at radius 3 is 2.04 bits per heavy atom. The summed E-state index contributed by atoms with van der Waals surface area (Å²) >= 11 is 5.94. The van der Waals surface area contributed by atoms with Gasteiger partial charge in [0.1, 0.15) is 0 Å². The molecule has 0 bridgehead atoms. The molecule has 0 fully saturated rings. The number of halogens is 1. The average Bonchev–Trinajstić information content (AvgIpc) is 2.64. The Morgan fingerprint density at radius 2 is 1.40 bits per heavy atom. The molecule has 0 atom stereocenters. The maximum absolute atomic E-state index is 13.1. The standard InChI is InChI=1S/C20H14ClNO3/c21-15-10-12-16(13-11-15)22(19(23)14-6-2-1-3-7-14)18-9-5-4-8-17(18)20(24)25/h1-13H,(H,24,25). The molecule has 0 aliphatic heterocycles. The molecule has 0 saturated carbocycles. The average molecular weight is 352 g/mol. The molecule has 0 aromatic heterocycles. The molecule has 0 spiro atoms. The van der Waals surface area contributed by atoms with Crippen LogP contribution in [0.1, 0.15) is 20.7 Å². The number of carboxylic acid groups (broad SMARTS) is 1. The maximum Gasteiger partial charge on any atom is 0.337 e. The molecule has 3 rings (SSSR count). The molecule has 1 amide bonds. The van der Waals surface area contributed by atoms with Gasteiger partial charge in [-0.2, -0.15) is 0 Å². The number of carbonyl (C=O) groups is 2. The molecule has 4 nitrogen and oxygen atoms in total. The van der Waals surface area contributed by atoms with E-state index in [1.165, 1.54) is 11.0 Å². The number of nitrogens with zero attached hydrogens (tertiary/aromatic N) is 1. The Kier molecular flexibility index (Phi) is 4.82. The van der Waals surface area contributed by atoms with Crippen molar-refractivity contribution < 1.29 is 14.7 Å². The summed E-state index contributed by atoms with van der Waals surface area (Å²) in [5.41, 5.74) is 1.33. The van der Waals surface area contributed by atoms with Crippen molar-refractivity contribution in [1.29, 1.82) is 0 Å². The normalized spacial score (nSPS) is 10.3. The number of aromatic carboxylic acids is 1. The van der Waals surface area contributed by atoms with Crippen LogP contribution in [0.4, 0.5) is 11.4 Å². The van der Waals surface area contributed by atoms with Gasteiger partial charge in [-0.15, -0.1) is 0 Å². The second-order valence-corrected chi connectivity index (χ2v) is 5.74. The van der Waals surface area contributed by atoms with Crippen molar-refractivity contribution in [3.05, 3.63) is 95.0 Å². The van der Waals surface area contributed by atoms with Crippen LogP contribution in [0.15, 0.2) is 78.9 Å². The van der Waals surface area contributed by atoms with E-state index in [1.54, 1.807) is 66.7 Å². The van der Waals surface area contributed by atoms with Crippen LogP contribution in [0.2, 0.25) is 5.02 Å². The molecule has 5 heteroatoms. The molecule has 0 heterocycles. The Hall–Kier alpha value is -3.11. The summed E-state index contributed by atoms with van der Waals surface area (Å²) in [7, 11) is 0. The Morgan fingerprint density at radius 1 is 0.800 bits per heavy atom. The van der Waals surface area contributed by atoms with Crippen LogP contribution in [-0.2, 0) is 0 Å². The Labute approximate surface area is 149 Å². The van der Waals surface area contributed by atoms with Gasteiger partial charge in [0.15, 0.2) is 0 Å². The van der Waals surface area contributed by atoms with Crippen molar-refractivity contribution in [3.63, 3.8) is 0 Å². The highest BCUT2D eigenvalue weighted by molar-refractivity contribution is 6.30. The van der Waals surface area contributed by atoms with E-state index in [-0.39, 0.29) is 11.5 Å². The molecule has 124 valence electrons.